The van der Waals surface area contributed by atoms with Gasteiger partial charge in [0.1, 0.15) is 5.75 Å². The maximum atomic E-state index is 12.8. The number of hydrogen-bond acceptors (Lipinski definition) is 3. The van der Waals surface area contributed by atoms with Crippen LogP contribution in [0.25, 0.3) is 10.9 Å². The molecule has 0 saturated carbocycles. The van der Waals surface area contributed by atoms with Crippen LogP contribution in [0.1, 0.15) is 25.0 Å². The average molecular weight is 411 g/mol. The number of carbonyl (C=O) groups excluding carboxylic acids is 1. The van der Waals surface area contributed by atoms with Crippen molar-refractivity contribution in [2.75, 3.05) is 12.3 Å². The lowest BCUT2D eigenvalue weighted by Gasteiger charge is -2.25. The SMILES string of the molecule is Cn1c(CC[C@@H]2CCCN2C(=O)CS(=O)(=O)c2ccccc2)cc2ccccc21. The third-order valence-corrected chi connectivity index (χ3v) is 7.52. The van der Waals surface area contributed by atoms with Gasteiger partial charge in [0.05, 0.1) is 4.90 Å². The molecule has 29 heavy (non-hydrogen) atoms. The fourth-order valence-electron chi connectivity index (χ4n) is 4.32. The zero-order valence-corrected chi connectivity index (χ0v) is 17.4. The average Bonchev–Trinajstić information content (AvgIpc) is 3.32. The van der Waals surface area contributed by atoms with Gasteiger partial charge >= 0.3 is 0 Å². The molecule has 2 heterocycles. The molecule has 1 aliphatic rings. The van der Waals surface area contributed by atoms with Gasteiger partial charge in [-0.05, 0) is 55.3 Å². The van der Waals surface area contributed by atoms with Crippen LogP contribution in [0, 0.1) is 0 Å². The molecule has 0 bridgehead atoms. The van der Waals surface area contributed by atoms with Crippen LogP contribution < -0.4 is 0 Å². The van der Waals surface area contributed by atoms with E-state index in [0.717, 1.165) is 25.7 Å². The van der Waals surface area contributed by atoms with E-state index in [0.29, 0.717) is 6.54 Å². The first-order valence-corrected chi connectivity index (χ1v) is 11.7. The number of sulfone groups is 1. The Kier molecular flexibility index (Phi) is 5.46. The van der Waals surface area contributed by atoms with Crippen molar-refractivity contribution in [3.8, 4) is 0 Å². The molecule has 5 nitrogen and oxygen atoms in total. The number of likely N-dealkylation sites (tertiary alicyclic amines) is 1. The van der Waals surface area contributed by atoms with Gasteiger partial charge in [0.2, 0.25) is 5.91 Å². The van der Waals surface area contributed by atoms with Crippen molar-refractivity contribution in [1.29, 1.82) is 0 Å². The maximum Gasteiger partial charge on any atom is 0.238 e. The number of para-hydroxylation sites is 1. The van der Waals surface area contributed by atoms with Crippen LogP contribution in [0.4, 0.5) is 0 Å². The minimum Gasteiger partial charge on any atom is -0.348 e. The van der Waals surface area contributed by atoms with Gasteiger partial charge in [0, 0.05) is 30.8 Å². The number of aromatic nitrogens is 1. The summed E-state index contributed by atoms with van der Waals surface area (Å²) in [5.41, 5.74) is 2.44. The highest BCUT2D eigenvalue weighted by Crippen LogP contribution is 2.25. The summed E-state index contributed by atoms with van der Waals surface area (Å²) in [4.78, 5) is 14.8. The molecular weight excluding hydrogens is 384 g/mol. The van der Waals surface area contributed by atoms with Crippen molar-refractivity contribution in [3.63, 3.8) is 0 Å². The second-order valence-corrected chi connectivity index (χ2v) is 9.74. The molecule has 0 radical (unpaired) electrons. The summed E-state index contributed by atoms with van der Waals surface area (Å²) in [6.07, 6.45) is 3.57. The molecule has 1 aromatic heterocycles. The third kappa shape index (κ3) is 4.08. The van der Waals surface area contributed by atoms with Crippen molar-refractivity contribution in [3.05, 3.63) is 66.4 Å². The van der Waals surface area contributed by atoms with E-state index in [2.05, 4.69) is 29.8 Å². The van der Waals surface area contributed by atoms with Crippen molar-refractivity contribution >= 4 is 26.6 Å². The minimum absolute atomic E-state index is 0.103. The molecule has 0 aliphatic carbocycles. The lowest BCUT2D eigenvalue weighted by molar-refractivity contribution is -0.129. The van der Waals surface area contributed by atoms with Crippen LogP contribution in [0.15, 0.2) is 65.6 Å². The number of aryl methyl sites for hydroxylation is 2. The molecular formula is C23H26N2O3S. The van der Waals surface area contributed by atoms with Gasteiger partial charge in [-0.3, -0.25) is 4.79 Å². The quantitative estimate of drug-likeness (QED) is 0.624. The molecule has 1 fully saturated rings. The normalized spacial score (nSPS) is 17.1. The highest BCUT2D eigenvalue weighted by Gasteiger charge is 2.31. The van der Waals surface area contributed by atoms with Gasteiger partial charge < -0.3 is 9.47 Å². The van der Waals surface area contributed by atoms with Gasteiger partial charge in [-0.25, -0.2) is 8.42 Å². The molecule has 1 saturated heterocycles. The van der Waals surface area contributed by atoms with Crippen molar-refractivity contribution in [1.82, 2.24) is 9.47 Å². The van der Waals surface area contributed by atoms with Gasteiger partial charge in [-0.2, -0.15) is 0 Å². The predicted molar refractivity (Wildman–Crippen MR) is 114 cm³/mol. The molecule has 4 rings (SSSR count). The molecule has 0 N–H and O–H groups in total. The monoisotopic (exact) mass is 410 g/mol. The topological polar surface area (TPSA) is 59.4 Å². The zero-order chi connectivity index (χ0) is 20.4. The Morgan fingerprint density at radius 1 is 1.07 bits per heavy atom. The molecule has 1 atom stereocenters. The molecule has 3 aromatic rings. The fourth-order valence-corrected chi connectivity index (χ4v) is 5.55. The highest BCUT2D eigenvalue weighted by atomic mass is 32.2. The summed E-state index contributed by atoms with van der Waals surface area (Å²) in [5.74, 6) is -0.741. The number of carbonyl (C=O) groups is 1. The van der Waals surface area contributed by atoms with E-state index >= 15 is 0 Å². The molecule has 2 aromatic carbocycles. The largest absolute Gasteiger partial charge is 0.348 e. The highest BCUT2D eigenvalue weighted by molar-refractivity contribution is 7.92. The van der Waals surface area contributed by atoms with E-state index < -0.39 is 15.6 Å². The summed E-state index contributed by atoms with van der Waals surface area (Å²) < 4.78 is 27.4. The second-order valence-electron chi connectivity index (χ2n) is 7.75. The smallest absolute Gasteiger partial charge is 0.238 e. The standard InChI is InChI=1S/C23H26N2O3S/c1-24-20(16-18-8-5-6-12-22(18)24)14-13-19-9-7-15-25(19)23(26)17-29(27,28)21-10-3-2-4-11-21/h2-6,8,10-12,16,19H,7,9,13-15,17H2,1H3/t19-/m0/s1. The lowest BCUT2D eigenvalue weighted by Crippen LogP contribution is -2.39. The fraction of sp³-hybridized carbons (Fsp3) is 0.348. The number of benzene rings is 2. The summed E-state index contributed by atoms with van der Waals surface area (Å²) in [6.45, 7) is 0.642. The molecule has 1 aliphatic heterocycles. The molecule has 6 heteroatoms. The number of rotatable bonds is 6. The van der Waals surface area contributed by atoms with Crippen LogP contribution in [0.5, 0.6) is 0 Å². The Hall–Kier alpha value is -2.60. The number of amides is 1. The minimum atomic E-state index is -3.61. The van der Waals surface area contributed by atoms with Crippen LogP contribution >= 0.6 is 0 Å². The van der Waals surface area contributed by atoms with E-state index in [1.807, 2.05) is 12.1 Å². The Morgan fingerprint density at radius 2 is 1.79 bits per heavy atom. The molecule has 1 amide bonds. The maximum absolute atomic E-state index is 12.8. The summed E-state index contributed by atoms with van der Waals surface area (Å²) in [7, 11) is -1.54. The van der Waals surface area contributed by atoms with Crippen molar-refractivity contribution < 1.29 is 13.2 Å². The second kappa shape index (κ2) is 8.03. The summed E-state index contributed by atoms with van der Waals surface area (Å²) >= 11 is 0. The molecule has 0 unspecified atom stereocenters. The van der Waals surface area contributed by atoms with Crippen molar-refractivity contribution in [2.24, 2.45) is 7.05 Å². The van der Waals surface area contributed by atoms with Gasteiger partial charge in [0.15, 0.2) is 9.84 Å². The number of hydrogen-bond donors (Lipinski definition) is 0. The zero-order valence-electron chi connectivity index (χ0n) is 16.6. The van der Waals surface area contributed by atoms with Crippen LogP contribution in [-0.4, -0.2) is 42.1 Å². The van der Waals surface area contributed by atoms with E-state index in [1.54, 1.807) is 35.2 Å². The Labute approximate surface area is 171 Å². The first-order chi connectivity index (χ1) is 14.0. The Bertz CT molecular complexity index is 1120. The first kappa shape index (κ1) is 19.7. The van der Waals surface area contributed by atoms with Crippen LogP contribution in [0.2, 0.25) is 0 Å². The van der Waals surface area contributed by atoms with E-state index in [9.17, 15) is 13.2 Å². The molecule has 152 valence electrons. The Balaban J connectivity index is 1.43. The van der Waals surface area contributed by atoms with E-state index in [1.165, 1.54) is 16.6 Å². The third-order valence-electron chi connectivity index (χ3n) is 5.90. The summed E-state index contributed by atoms with van der Waals surface area (Å²) in [5, 5.41) is 1.22. The summed E-state index contributed by atoms with van der Waals surface area (Å²) in [6, 6.07) is 18.8. The van der Waals surface area contributed by atoms with Gasteiger partial charge in [-0.15, -0.1) is 0 Å². The van der Waals surface area contributed by atoms with E-state index in [-0.39, 0.29) is 16.8 Å². The molecule has 0 spiro atoms. The van der Waals surface area contributed by atoms with Crippen LogP contribution in [-0.2, 0) is 28.1 Å². The van der Waals surface area contributed by atoms with Crippen molar-refractivity contribution in [2.45, 2.75) is 36.6 Å². The lowest BCUT2D eigenvalue weighted by atomic mass is 10.1. The Morgan fingerprint density at radius 3 is 2.55 bits per heavy atom. The number of nitrogens with zero attached hydrogens (tertiary/aromatic N) is 2. The van der Waals surface area contributed by atoms with Crippen LogP contribution in [0.3, 0.4) is 0 Å². The van der Waals surface area contributed by atoms with Gasteiger partial charge in [-0.1, -0.05) is 36.4 Å². The van der Waals surface area contributed by atoms with E-state index in [4.69, 9.17) is 0 Å². The number of fused-ring (bicyclic) bond motifs is 1. The predicted octanol–water partition coefficient (Wildman–Crippen LogP) is 3.58. The van der Waals surface area contributed by atoms with Gasteiger partial charge in [0.25, 0.3) is 0 Å². The first-order valence-electron chi connectivity index (χ1n) is 10.1.